The Morgan fingerprint density at radius 2 is 1.86 bits per heavy atom. The van der Waals surface area contributed by atoms with Gasteiger partial charge < -0.3 is 5.32 Å². The van der Waals surface area contributed by atoms with E-state index in [0.717, 1.165) is 0 Å². The molecule has 0 spiro atoms. The van der Waals surface area contributed by atoms with E-state index in [0.29, 0.717) is 0 Å². The lowest BCUT2D eigenvalue weighted by atomic mass is 10.4. The smallest absolute Gasteiger partial charge is 0.251 e. The van der Waals surface area contributed by atoms with Crippen LogP contribution in [-0.4, -0.2) is 39.7 Å². The second-order valence-electron chi connectivity index (χ2n) is 3.17. The fourth-order valence-corrected chi connectivity index (χ4v) is 1.65. The molecule has 7 heteroatoms. The summed E-state index contributed by atoms with van der Waals surface area (Å²) in [6.07, 6.45) is -2.65. The number of rotatable bonds is 7. The van der Waals surface area contributed by atoms with Crippen LogP contribution in [0.25, 0.3) is 0 Å². The Bertz CT molecular complexity index is 242. The van der Waals surface area contributed by atoms with Crippen LogP contribution in [0.4, 0.5) is 8.78 Å². The van der Waals surface area contributed by atoms with Gasteiger partial charge in [0.05, 0.1) is 12.3 Å². The van der Waals surface area contributed by atoms with E-state index < -0.39 is 23.0 Å². The van der Waals surface area contributed by atoms with Gasteiger partial charge in [-0.15, -0.1) is 0 Å². The first-order valence-electron chi connectivity index (χ1n) is 4.32. The number of hydrogen-bond donors (Lipinski definition) is 2. The molecule has 2 N–H and O–H groups in total. The van der Waals surface area contributed by atoms with E-state index in [1.165, 1.54) is 0 Å². The molecule has 0 unspecified atom stereocenters. The minimum absolute atomic E-state index is 0.181. The maximum Gasteiger partial charge on any atom is 0.251 e. The molecule has 0 atom stereocenters. The highest BCUT2D eigenvalue weighted by Gasteiger charge is 2.12. The van der Waals surface area contributed by atoms with Crippen molar-refractivity contribution in [3.63, 3.8) is 0 Å². The maximum absolute atomic E-state index is 11.7. The van der Waals surface area contributed by atoms with Crippen LogP contribution < -0.4 is 10.0 Å². The van der Waals surface area contributed by atoms with E-state index in [9.17, 15) is 17.2 Å². The highest BCUT2D eigenvalue weighted by Crippen LogP contribution is 1.91. The van der Waals surface area contributed by atoms with Crippen LogP contribution in [0.3, 0.4) is 0 Å². The molecule has 0 aromatic heterocycles. The summed E-state index contributed by atoms with van der Waals surface area (Å²) < 4.78 is 47.2. The van der Waals surface area contributed by atoms with Crippen molar-refractivity contribution in [3.8, 4) is 0 Å². The number of hydrogen-bond acceptors (Lipinski definition) is 3. The molecule has 0 aromatic rings. The van der Waals surface area contributed by atoms with Gasteiger partial charge in [-0.25, -0.2) is 21.9 Å². The number of sulfonamides is 1. The zero-order chi connectivity index (χ0) is 11.2. The third-order valence-electron chi connectivity index (χ3n) is 1.38. The van der Waals surface area contributed by atoms with Crippen molar-refractivity contribution in [1.82, 2.24) is 10.0 Å². The summed E-state index contributed by atoms with van der Waals surface area (Å²) in [5.74, 6) is -0.183. The van der Waals surface area contributed by atoms with Gasteiger partial charge in [-0.1, -0.05) is 13.8 Å². The van der Waals surface area contributed by atoms with Gasteiger partial charge in [0.2, 0.25) is 10.0 Å². The van der Waals surface area contributed by atoms with Crippen molar-refractivity contribution in [2.45, 2.75) is 26.3 Å². The fourth-order valence-electron chi connectivity index (χ4n) is 0.744. The Labute approximate surface area is 83.1 Å². The fraction of sp³-hybridized carbons (Fsp3) is 1.00. The second-order valence-corrected chi connectivity index (χ2v) is 5.09. The van der Waals surface area contributed by atoms with E-state index in [1.807, 2.05) is 18.6 Å². The van der Waals surface area contributed by atoms with Crippen molar-refractivity contribution in [2.75, 3.05) is 18.8 Å². The lowest BCUT2D eigenvalue weighted by Gasteiger charge is -2.09. The van der Waals surface area contributed by atoms with Crippen LogP contribution in [0, 0.1) is 0 Å². The minimum atomic E-state index is -3.56. The summed E-state index contributed by atoms with van der Waals surface area (Å²) in [5, 5.41) is 2.88. The number of nitrogens with one attached hydrogen (secondary N) is 2. The van der Waals surface area contributed by atoms with Crippen molar-refractivity contribution in [3.05, 3.63) is 0 Å². The van der Waals surface area contributed by atoms with E-state index >= 15 is 0 Å². The van der Waals surface area contributed by atoms with Gasteiger partial charge in [0.1, 0.15) is 0 Å². The third-order valence-corrected chi connectivity index (χ3v) is 2.73. The summed E-state index contributed by atoms with van der Waals surface area (Å²) in [6, 6.07) is 0.181. The largest absolute Gasteiger partial charge is 0.313 e. The topological polar surface area (TPSA) is 58.2 Å². The molecule has 0 saturated heterocycles. The molecule has 0 heterocycles. The first-order valence-corrected chi connectivity index (χ1v) is 5.97. The first kappa shape index (κ1) is 13.7. The number of halogens is 2. The second kappa shape index (κ2) is 6.26. The highest BCUT2D eigenvalue weighted by atomic mass is 32.2. The Kier molecular flexibility index (Phi) is 6.14. The predicted octanol–water partition coefficient (Wildman–Crippen LogP) is 0.169. The Balaban J connectivity index is 3.73. The molecule has 86 valence electrons. The molecule has 0 aliphatic carbocycles. The van der Waals surface area contributed by atoms with Crippen LogP contribution in [0.1, 0.15) is 13.8 Å². The van der Waals surface area contributed by atoms with E-state index in [-0.39, 0.29) is 18.3 Å². The molecule has 0 amide bonds. The summed E-state index contributed by atoms with van der Waals surface area (Å²) in [7, 11) is -3.56. The van der Waals surface area contributed by atoms with Gasteiger partial charge >= 0.3 is 0 Å². The van der Waals surface area contributed by atoms with Gasteiger partial charge in [0.25, 0.3) is 6.43 Å². The maximum atomic E-state index is 11.7. The van der Waals surface area contributed by atoms with Crippen molar-refractivity contribution in [2.24, 2.45) is 0 Å². The summed E-state index contributed by atoms with van der Waals surface area (Å²) >= 11 is 0. The van der Waals surface area contributed by atoms with Crippen LogP contribution >= 0.6 is 0 Å². The lowest BCUT2D eigenvalue weighted by Crippen LogP contribution is -2.36. The molecule has 14 heavy (non-hydrogen) atoms. The molecule has 0 fully saturated rings. The summed E-state index contributed by atoms with van der Waals surface area (Å²) in [4.78, 5) is 0. The van der Waals surface area contributed by atoms with Crippen LogP contribution in [0.2, 0.25) is 0 Å². The zero-order valence-electron chi connectivity index (χ0n) is 8.26. The number of alkyl halides is 2. The van der Waals surface area contributed by atoms with Gasteiger partial charge in [0, 0.05) is 12.6 Å². The van der Waals surface area contributed by atoms with Crippen molar-refractivity contribution < 1.29 is 17.2 Å². The van der Waals surface area contributed by atoms with Crippen LogP contribution in [0.5, 0.6) is 0 Å². The molecule has 0 bridgehead atoms. The molecular weight excluding hydrogens is 214 g/mol. The van der Waals surface area contributed by atoms with Crippen molar-refractivity contribution in [1.29, 1.82) is 0 Å². The predicted molar refractivity (Wildman–Crippen MR) is 50.9 cm³/mol. The van der Waals surface area contributed by atoms with Crippen LogP contribution in [-0.2, 0) is 10.0 Å². The SMILES string of the molecule is CC(C)NCCS(=O)(=O)NCC(F)F. The van der Waals surface area contributed by atoms with E-state index in [4.69, 9.17) is 0 Å². The van der Waals surface area contributed by atoms with Crippen molar-refractivity contribution >= 4 is 10.0 Å². The molecule has 0 saturated carbocycles. The lowest BCUT2D eigenvalue weighted by molar-refractivity contribution is 0.153. The summed E-state index contributed by atoms with van der Waals surface area (Å²) in [5.41, 5.74) is 0. The van der Waals surface area contributed by atoms with Gasteiger partial charge in [-0.05, 0) is 0 Å². The monoisotopic (exact) mass is 230 g/mol. The standard InChI is InChI=1S/C7H16F2N2O2S/c1-6(2)10-3-4-14(12,13)11-5-7(8)9/h6-7,10-11H,3-5H2,1-2H3. The Morgan fingerprint density at radius 3 is 2.29 bits per heavy atom. The Hall–Kier alpha value is -0.270. The minimum Gasteiger partial charge on any atom is -0.313 e. The van der Waals surface area contributed by atoms with Gasteiger partial charge in [0.15, 0.2) is 0 Å². The quantitative estimate of drug-likeness (QED) is 0.655. The molecular formula is C7H16F2N2O2S. The van der Waals surface area contributed by atoms with E-state index in [2.05, 4.69) is 5.32 Å². The normalized spacial score (nSPS) is 12.7. The molecule has 0 aliphatic heterocycles. The molecule has 0 rings (SSSR count). The average molecular weight is 230 g/mol. The van der Waals surface area contributed by atoms with E-state index in [1.54, 1.807) is 0 Å². The van der Waals surface area contributed by atoms with Gasteiger partial charge in [-0.2, -0.15) is 0 Å². The Morgan fingerprint density at radius 1 is 1.29 bits per heavy atom. The molecule has 0 aromatic carbocycles. The molecule has 0 radical (unpaired) electrons. The molecule has 0 aliphatic rings. The average Bonchev–Trinajstić information content (AvgIpc) is 2.00. The van der Waals surface area contributed by atoms with Gasteiger partial charge in [-0.3, -0.25) is 0 Å². The van der Waals surface area contributed by atoms with Crippen LogP contribution in [0.15, 0.2) is 0 Å². The highest BCUT2D eigenvalue weighted by molar-refractivity contribution is 7.89. The molecule has 4 nitrogen and oxygen atoms in total. The summed E-state index contributed by atoms with van der Waals surface area (Å²) in [6.45, 7) is 3.19. The zero-order valence-corrected chi connectivity index (χ0v) is 9.07. The third kappa shape index (κ3) is 8.33. The first-order chi connectivity index (χ1) is 6.33.